The first-order valence-corrected chi connectivity index (χ1v) is 15.4. The molecule has 3 aromatic carbocycles. The van der Waals surface area contributed by atoms with Crippen LogP contribution in [0, 0.1) is 25.5 Å². The first-order chi connectivity index (χ1) is 22.7. The number of hydrogen-bond donors (Lipinski definition) is 2. The summed E-state index contributed by atoms with van der Waals surface area (Å²) < 4.78 is 44.1. The summed E-state index contributed by atoms with van der Waals surface area (Å²) in [5.41, 5.74) is 4.05. The summed E-state index contributed by atoms with van der Waals surface area (Å²) in [6, 6.07) is 18.1. The maximum absolute atomic E-state index is 13.8. The highest BCUT2D eigenvalue weighted by Crippen LogP contribution is 2.40. The van der Waals surface area contributed by atoms with E-state index in [4.69, 9.17) is 31.4 Å². The number of methoxy groups -OCH3 is 3. The minimum atomic E-state index is -0.312. The zero-order valence-electron chi connectivity index (χ0n) is 26.9. The summed E-state index contributed by atoms with van der Waals surface area (Å²) >= 11 is 5.69. The number of benzene rings is 3. The van der Waals surface area contributed by atoms with Gasteiger partial charge in [0, 0.05) is 55.4 Å². The number of nitrogens with one attached hydrogen (secondary N) is 2. The molecule has 1 aliphatic heterocycles. The molecule has 4 aromatic rings. The maximum Gasteiger partial charge on any atom is 0.229 e. The van der Waals surface area contributed by atoms with Crippen LogP contribution in [0.2, 0.25) is 0 Å². The molecule has 0 atom stereocenters. The minimum Gasteiger partial charge on any atom is -0.493 e. The van der Waals surface area contributed by atoms with Crippen molar-refractivity contribution < 1.29 is 23.0 Å². The first kappa shape index (κ1) is 33.5. The van der Waals surface area contributed by atoms with Crippen LogP contribution in [0.25, 0.3) is 0 Å². The molecule has 13 heteroatoms. The van der Waals surface area contributed by atoms with Crippen molar-refractivity contribution in [2.45, 2.75) is 19.9 Å². The number of anilines is 2. The third kappa shape index (κ3) is 8.29. The van der Waals surface area contributed by atoms with Gasteiger partial charge >= 0.3 is 0 Å². The van der Waals surface area contributed by atoms with Crippen molar-refractivity contribution in [3.8, 4) is 17.2 Å². The number of aliphatic imine (C=N–C) groups is 1. The van der Waals surface area contributed by atoms with Gasteiger partial charge in [-0.25, -0.2) is 18.7 Å². The fourth-order valence-corrected chi connectivity index (χ4v) is 5.76. The molecule has 0 radical (unpaired) electrons. The van der Waals surface area contributed by atoms with Crippen molar-refractivity contribution in [1.29, 1.82) is 0 Å². The van der Waals surface area contributed by atoms with Crippen LogP contribution in [0.4, 0.5) is 20.4 Å². The Balaban J connectivity index is 1.41. The quantitative estimate of drug-likeness (QED) is 0.134. The predicted molar refractivity (Wildman–Crippen MR) is 183 cm³/mol. The van der Waals surface area contributed by atoms with Crippen molar-refractivity contribution in [3.05, 3.63) is 101 Å². The van der Waals surface area contributed by atoms with Gasteiger partial charge in [0.2, 0.25) is 22.8 Å². The zero-order valence-corrected chi connectivity index (χ0v) is 27.7. The lowest BCUT2D eigenvalue weighted by Gasteiger charge is -2.40. The number of aryl methyl sites for hydroxylation is 2. The van der Waals surface area contributed by atoms with Gasteiger partial charge in [0.1, 0.15) is 11.6 Å². The van der Waals surface area contributed by atoms with E-state index < -0.39 is 0 Å². The Bertz CT molecular complexity index is 1640. The molecule has 2 N–H and O–H groups in total. The van der Waals surface area contributed by atoms with Crippen molar-refractivity contribution in [2.75, 3.05) is 58.1 Å². The number of thiocarbonyl (C=S) groups is 1. The lowest BCUT2D eigenvalue weighted by atomic mass is 9.96. The molecule has 10 nitrogen and oxygen atoms in total. The average molecular weight is 662 g/mol. The molecule has 1 fully saturated rings. The number of ether oxygens (including phenoxy) is 3. The number of piperazine rings is 1. The zero-order chi connectivity index (χ0) is 33.5. The second-order valence-corrected chi connectivity index (χ2v) is 11.3. The SMILES string of the molecule is COc1cc(NC(=S)/N=C(/Nc2nc(C)cc(C)n2)N2CCN(C(c3ccc(F)cc3)c3ccc(F)cc3)CC2)cc(OC)c1OC. The Kier molecular flexibility index (Phi) is 10.8. The van der Waals surface area contributed by atoms with Crippen LogP contribution in [-0.4, -0.2) is 78.3 Å². The molecular weight excluding hydrogens is 624 g/mol. The van der Waals surface area contributed by atoms with Gasteiger partial charge in [-0.15, -0.1) is 0 Å². The second-order valence-electron chi connectivity index (χ2n) is 10.9. The van der Waals surface area contributed by atoms with Gasteiger partial charge < -0.3 is 24.4 Å². The van der Waals surface area contributed by atoms with E-state index in [0.717, 1.165) is 22.5 Å². The van der Waals surface area contributed by atoms with Crippen molar-refractivity contribution in [1.82, 2.24) is 19.8 Å². The van der Waals surface area contributed by atoms with Gasteiger partial charge in [0.15, 0.2) is 11.5 Å². The van der Waals surface area contributed by atoms with Crippen molar-refractivity contribution in [2.24, 2.45) is 4.99 Å². The third-order valence-electron chi connectivity index (χ3n) is 7.68. The van der Waals surface area contributed by atoms with E-state index >= 15 is 0 Å². The molecule has 0 saturated carbocycles. The van der Waals surface area contributed by atoms with E-state index in [2.05, 4.69) is 30.4 Å². The van der Waals surface area contributed by atoms with Crippen LogP contribution in [0.5, 0.6) is 17.2 Å². The molecule has 5 rings (SSSR count). The number of hydrogen-bond acceptors (Lipinski definition) is 7. The summed E-state index contributed by atoms with van der Waals surface area (Å²) in [6.45, 7) is 6.20. The first-order valence-electron chi connectivity index (χ1n) is 15.0. The van der Waals surface area contributed by atoms with Gasteiger partial charge in [0.25, 0.3) is 0 Å². The van der Waals surface area contributed by atoms with Gasteiger partial charge in [-0.1, -0.05) is 24.3 Å². The number of aromatic nitrogens is 2. The van der Waals surface area contributed by atoms with E-state index in [1.54, 1.807) is 50.6 Å². The molecule has 1 saturated heterocycles. The molecule has 47 heavy (non-hydrogen) atoms. The molecular formula is C34H37F2N7O3S. The normalized spacial score (nSPS) is 13.8. The molecule has 0 amide bonds. The Morgan fingerprint density at radius 3 is 1.74 bits per heavy atom. The fourth-order valence-electron chi connectivity index (χ4n) is 5.56. The highest BCUT2D eigenvalue weighted by atomic mass is 32.1. The fraction of sp³-hybridized carbons (Fsp3) is 0.294. The molecule has 0 spiro atoms. The van der Waals surface area contributed by atoms with E-state index in [9.17, 15) is 8.78 Å². The molecule has 0 aliphatic carbocycles. The van der Waals surface area contributed by atoms with Gasteiger partial charge in [-0.3, -0.25) is 10.2 Å². The summed E-state index contributed by atoms with van der Waals surface area (Å²) in [6.07, 6.45) is 0. The average Bonchev–Trinajstić information content (AvgIpc) is 3.05. The molecule has 2 heterocycles. The Hall–Kier alpha value is -4.88. The predicted octanol–water partition coefficient (Wildman–Crippen LogP) is 5.97. The van der Waals surface area contributed by atoms with Crippen LogP contribution < -0.4 is 24.8 Å². The molecule has 1 aromatic heterocycles. The van der Waals surface area contributed by atoms with Crippen molar-refractivity contribution >= 4 is 34.9 Å². The maximum atomic E-state index is 13.8. The van der Waals surface area contributed by atoms with Gasteiger partial charge in [-0.05, 0) is 67.5 Å². The number of nitrogens with zero attached hydrogens (tertiary/aromatic N) is 5. The largest absolute Gasteiger partial charge is 0.493 e. The van der Waals surface area contributed by atoms with Crippen LogP contribution >= 0.6 is 12.2 Å². The van der Waals surface area contributed by atoms with Crippen LogP contribution in [0.3, 0.4) is 0 Å². The number of rotatable bonds is 8. The smallest absolute Gasteiger partial charge is 0.229 e. The highest BCUT2D eigenvalue weighted by molar-refractivity contribution is 7.80. The minimum absolute atomic E-state index is 0.184. The summed E-state index contributed by atoms with van der Waals surface area (Å²) in [7, 11) is 4.62. The summed E-state index contributed by atoms with van der Waals surface area (Å²) in [4.78, 5) is 18.2. The highest BCUT2D eigenvalue weighted by Gasteiger charge is 2.28. The number of halogens is 2. The summed E-state index contributed by atoms with van der Waals surface area (Å²) in [5, 5.41) is 6.62. The Morgan fingerprint density at radius 1 is 0.766 bits per heavy atom. The molecule has 0 bridgehead atoms. The van der Waals surface area contributed by atoms with Crippen LogP contribution in [0.15, 0.2) is 71.7 Å². The van der Waals surface area contributed by atoms with Crippen LogP contribution in [-0.2, 0) is 0 Å². The van der Waals surface area contributed by atoms with Crippen molar-refractivity contribution in [3.63, 3.8) is 0 Å². The second kappa shape index (κ2) is 15.1. The Labute approximate surface area is 278 Å². The Morgan fingerprint density at radius 2 is 1.28 bits per heavy atom. The monoisotopic (exact) mass is 661 g/mol. The van der Waals surface area contributed by atoms with E-state index in [-0.39, 0.29) is 22.8 Å². The topological polar surface area (TPSA) is 96.4 Å². The number of guanidine groups is 1. The lowest BCUT2D eigenvalue weighted by Crippen LogP contribution is -2.52. The van der Waals surface area contributed by atoms with E-state index in [1.807, 2.05) is 19.9 Å². The van der Waals surface area contributed by atoms with E-state index in [0.29, 0.717) is 61.0 Å². The van der Waals surface area contributed by atoms with Gasteiger partial charge in [-0.2, -0.15) is 4.99 Å². The standard InChI is InChI=1S/C34H37F2N7O3S/c1-21-18-22(2)38-32(37-21)40-33(41-34(47)39-27-19-28(44-3)31(46-5)29(20-27)45-4)43-16-14-42(15-17-43)30(23-6-10-25(35)11-7-23)24-8-12-26(36)13-9-24/h6-13,18-20,30H,14-17H2,1-5H3,(H2,37,38,39,40,41,47). The molecule has 0 unspecified atom stereocenters. The van der Waals surface area contributed by atoms with Gasteiger partial charge in [0.05, 0.1) is 27.4 Å². The third-order valence-corrected chi connectivity index (χ3v) is 7.87. The van der Waals surface area contributed by atoms with Crippen LogP contribution in [0.1, 0.15) is 28.6 Å². The van der Waals surface area contributed by atoms with E-state index in [1.165, 1.54) is 31.4 Å². The summed E-state index contributed by atoms with van der Waals surface area (Å²) in [5.74, 6) is 1.64. The molecule has 1 aliphatic rings. The molecule has 246 valence electrons. The lowest BCUT2D eigenvalue weighted by molar-refractivity contribution is 0.150.